The van der Waals surface area contributed by atoms with E-state index in [-0.39, 0.29) is 21.1 Å². The van der Waals surface area contributed by atoms with Gasteiger partial charge in [0.1, 0.15) is 9.23 Å². The highest BCUT2D eigenvalue weighted by molar-refractivity contribution is 7.89. The number of hydrogen-bond donors (Lipinski definition) is 2. The second-order valence-electron chi connectivity index (χ2n) is 5.28. The molecule has 3 rings (SSSR count). The van der Waals surface area contributed by atoms with Crippen molar-refractivity contribution in [3.05, 3.63) is 38.0 Å². The predicted octanol–water partition coefficient (Wildman–Crippen LogP) is 1.78. The molecule has 1 amide bonds. The quantitative estimate of drug-likeness (QED) is 0.802. The Hall–Kier alpha value is -1.26. The number of aromatic nitrogens is 2. The molecule has 0 aliphatic heterocycles. The molecule has 2 heterocycles. The minimum Gasteiger partial charge on any atom is -0.363 e. The summed E-state index contributed by atoms with van der Waals surface area (Å²) in [5.74, 6) is -0.725. The molecule has 0 aromatic carbocycles. The molecule has 24 heavy (non-hydrogen) atoms. The molecule has 128 valence electrons. The number of carbonyl (C=O) groups excluding carboxylic acids is 1. The lowest BCUT2D eigenvalue weighted by atomic mass is 9.93. The third-order valence-corrected chi connectivity index (χ3v) is 6.88. The highest BCUT2D eigenvalue weighted by atomic mass is 35.5. The molecule has 1 aliphatic carbocycles. The predicted molar refractivity (Wildman–Crippen MR) is 91.0 cm³/mol. The molecule has 2 aromatic rings. The summed E-state index contributed by atoms with van der Waals surface area (Å²) in [6.45, 7) is 0. The Labute approximate surface area is 152 Å². The van der Waals surface area contributed by atoms with Gasteiger partial charge in [-0.1, -0.05) is 23.2 Å². The van der Waals surface area contributed by atoms with E-state index in [1.54, 1.807) is 0 Å². The number of fused-ring (bicyclic) bond motifs is 1. The maximum absolute atomic E-state index is 12.5. The second kappa shape index (κ2) is 6.57. The Morgan fingerprint density at radius 2 is 2.17 bits per heavy atom. The number of sulfonamides is 1. The monoisotopic (exact) mass is 406 g/mol. The van der Waals surface area contributed by atoms with E-state index >= 15 is 0 Å². The van der Waals surface area contributed by atoms with Gasteiger partial charge in [-0.05, 0) is 30.9 Å². The summed E-state index contributed by atoms with van der Waals surface area (Å²) in [6.07, 6.45) is 2.99. The van der Waals surface area contributed by atoms with E-state index in [9.17, 15) is 13.2 Å². The lowest BCUT2D eigenvalue weighted by molar-refractivity contribution is 0.0990. The smallest absolute Gasteiger partial charge is 0.286 e. The maximum Gasteiger partial charge on any atom is 0.286 e. The first-order chi connectivity index (χ1) is 11.3. The van der Waals surface area contributed by atoms with Gasteiger partial charge in [-0.2, -0.15) is 0 Å². The number of hydrogen-bond acceptors (Lipinski definition) is 6. The average Bonchev–Trinajstić information content (AvgIpc) is 2.85. The summed E-state index contributed by atoms with van der Waals surface area (Å²) in [6, 6.07) is 1.01. The summed E-state index contributed by atoms with van der Waals surface area (Å²) in [4.78, 5) is 19.1. The molecule has 0 saturated carbocycles. The van der Waals surface area contributed by atoms with Gasteiger partial charge in [0.2, 0.25) is 15.8 Å². The van der Waals surface area contributed by atoms with Crippen molar-refractivity contribution in [3.8, 4) is 0 Å². The number of carbonyl (C=O) groups is 1. The molecule has 7 nitrogen and oxygen atoms in total. The third kappa shape index (κ3) is 3.55. The largest absolute Gasteiger partial charge is 0.363 e. The maximum atomic E-state index is 12.5. The molecular weight excluding hydrogens is 395 g/mol. The van der Waals surface area contributed by atoms with Crippen molar-refractivity contribution in [3.63, 3.8) is 0 Å². The van der Waals surface area contributed by atoms with E-state index in [4.69, 9.17) is 28.9 Å². The number of thiophene rings is 1. The SMILES string of the molecule is NC(=O)c1ncc2c(n1)CCC(NS(=O)(=O)c1cc(Cl)sc1Cl)C2. The van der Waals surface area contributed by atoms with E-state index in [0.717, 1.165) is 16.9 Å². The van der Waals surface area contributed by atoms with Gasteiger partial charge >= 0.3 is 0 Å². The molecule has 2 aromatic heterocycles. The molecule has 0 radical (unpaired) electrons. The number of nitrogens with two attached hydrogens (primary N) is 1. The van der Waals surface area contributed by atoms with E-state index in [2.05, 4.69) is 14.7 Å². The molecule has 0 spiro atoms. The van der Waals surface area contributed by atoms with Crippen molar-refractivity contribution in [2.75, 3.05) is 0 Å². The van der Waals surface area contributed by atoms with Crippen molar-refractivity contribution in [1.29, 1.82) is 0 Å². The topological polar surface area (TPSA) is 115 Å². The van der Waals surface area contributed by atoms with Crippen LogP contribution in [0.4, 0.5) is 0 Å². The first-order valence-electron chi connectivity index (χ1n) is 6.88. The van der Waals surface area contributed by atoms with Gasteiger partial charge < -0.3 is 5.73 Å². The van der Waals surface area contributed by atoms with Gasteiger partial charge in [-0.15, -0.1) is 11.3 Å². The molecular formula is C13H12Cl2N4O3S2. The Bertz CT molecular complexity index is 914. The van der Waals surface area contributed by atoms with Gasteiger partial charge in [-0.25, -0.2) is 23.1 Å². The number of nitrogens with zero attached hydrogens (tertiary/aromatic N) is 2. The number of primary amides is 1. The number of rotatable bonds is 4. The van der Waals surface area contributed by atoms with Crippen molar-refractivity contribution in [2.45, 2.75) is 30.2 Å². The molecule has 0 fully saturated rings. The van der Waals surface area contributed by atoms with Crippen LogP contribution in [-0.4, -0.2) is 30.3 Å². The van der Waals surface area contributed by atoms with Crippen LogP contribution in [0.2, 0.25) is 8.67 Å². The fraction of sp³-hybridized carbons (Fsp3) is 0.308. The first-order valence-corrected chi connectivity index (χ1v) is 9.93. The fourth-order valence-electron chi connectivity index (χ4n) is 2.52. The summed E-state index contributed by atoms with van der Waals surface area (Å²) in [5, 5.41) is 0. The zero-order valence-corrected chi connectivity index (χ0v) is 15.3. The summed E-state index contributed by atoms with van der Waals surface area (Å²) in [5.41, 5.74) is 6.66. The fourth-order valence-corrected chi connectivity index (χ4v) is 5.94. The van der Waals surface area contributed by atoms with Crippen LogP contribution < -0.4 is 10.5 Å². The van der Waals surface area contributed by atoms with Crippen LogP contribution in [0.5, 0.6) is 0 Å². The summed E-state index contributed by atoms with van der Waals surface area (Å²) in [7, 11) is -3.76. The standard InChI is InChI=1S/C13H12Cl2N4O3S2/c14-10-4-9(11(15)23-10)24(21,22)19-7-1-2-8-6(3-7)5-17-13(18-8)12(16)20/h4-5,7,19H,1-3H2,(H2,16,20). The van der Waals surface area contributed by atoms with Gasteiger partial charge in [0.15, 0.2) is 0 Å². The summed E-state index contributed by atoms with van der Waals surface area (Å²) >= 11 is 12.7. The Morgan fingerprint density at radius 3 is 2.79 bits per heavy atom. The number of nitrogens with one attached hydrogen (secondary N) is 1. The molecule has 1 aliphatic rings. The third-order valence-electron chi connectivity index (χ3n) is 3.61. The van der Waals surface area contributed by atoms with Crippen LogP contribution in [0.15, 0.2) is 17.2 Å². The molecule has 0 bridgehead atoms. The van der Waals surface area contributed by atoms with Crippen molar-refractivity contribution < 1.29 is 13.2 Å². The van der Waals surface area contributed by atoms with Crippen LogP contribution >= 0.6 is 34.5 Å². The molecule has 3 N–H and O–H groups in total. The van der Waals surface area contributed by atoms with Crippen molar-refractivity contribution in [2.24, 2.45) is 5.73 Å². The normalized spacial score (nSPS) is 17.5. The van der Waals surface area contributed by atoms with E-state index in [1.165, 1.54) is 12.3 Å². The Morgan fingerprint density at radius 1 is 1.42 bits per heavy atom. The zero-order valence-electron chi connectivity index (χ0n) is 12.1. The van der Waals surface area contributed by atoms with Crippen molar-refractivity contribution >= 4 is 50.5 Å². The summed E-state index contributed by atoms with van der Waals surface area (Å²) < 4.78 is 28.0. The van der Waals surface area contributed by atoms with Gasteiger partial charge in [-0.3, -0.25) is 4.79 Å². The number of halogens is 2. The van der Waals surface area contributed by atoms with Gasteiger partial charge in [0.05, 0.1) is 4.34 Å². The number of amides is 1. The highest BCUT2D eigenvalue weighted by Gasteiger charge is 2.28. The van der Waals surface area contributed by atoms with Gasteiger partial charge in [0.25, 0.3) is 5.91 Å². The molecule has 11 heteroatoms. The van der Waals surface area contributed by atoms with Gasteiger partial charge in [0, 0.05) is 17.9 Å². The van der Waals surface area contributed by atoms with Crippen LogP contribution in [0, 0.1) is 0 Å². The lowest BCUT2D eigenvalue weighted by Crippen LogP contribution is -2.39. The van der Waals surface area contributed by atoms with E-state index in [1.807, 2.05) is 0 Å². The molecule has 1 unspecified atom stereocenters. The highest BCUT2D eigenvalue weighted by Crippen LogP contribution is 2.34. The van der Waals surface area contributed by atoms with E-state index < -0.39 is 15.9 Å². The minimum atomic E-state index is -3.76. The number of aryl methyl sites for hydroxylation is 1. The van der Waals surface area contributed by atoms with E-state index in [0.29, 0.717) is 29.3 Å². The van der Waals surface area contributed by atoms with Crippen LogP contribution in [-0.2, 0) is 22.9 Å². The minimum absolute atomic E-state index is 0.0229. The Kier molecular flexibility index (Phi) is 4.80. The van der Waals surface area contributed by atoms with Crippen molar-refractivity contribution in [1.82, 2.24) is 14.7 Å². The second-order valence-corrected chi connectivity index (χ2v) is 9.25. The lowest BCUT2D eigenvalue weighted by Gasteiger charge is -2.24. The zero-order chi connectivity index (χ0) is 17.5. The van der Waals surface area contributed by atoms with Crippen LogP contribution in [0.1, 0.15) is 28.3 Å². The van der Waals surface area contributed by atoms with Crippen LogP contribution in [0.25, 0.3) is 0 Å². The molecule has 0 saturated heterocycles. The first kappa shape index (κ1) is 17.6. The Balaban J connectivity index is 1.79. The van der Waals surface area contributed by atoms with Crippen LogP contribution in [0.3, 0.4) is 0 Å². The average molecular weight is 407 g/mol. The molecule has 1 atom stereocenters.